The normalized spacial score (nSPS) is 18.3. The van der Waals surface area contributed by atoms with Crippen LogP contribution in [0, 0.1) is 6.92 Å². The minimum Gasteiger partial charge on any atom is -0.480 e. The highest BCUT2D eigenvalue weighted by Crippen LogP contribution is 2.32. The number of hydrogen-bond donors (Lipinski definition) is 0. The van der Waals surface area contributed by atoms with Gasteiger partial charge in [-0.15, -0.1) is 0 Å². The minimum absolute atomic E-state index is 0.248. The van der Waals surface area contributed by atoms with E-state index in [1.807, 2.05) is 24.4 Å². The highest BCUT2D eigenvalue weighted by Gasteiger charge is 2.32. The fourth-order valence-corrected chi connectivity index (χ4v) is 4.57. The number of anilines is 1. The van der Waals surface area contributed by atoms with Crippen molar-refractivity contribution in [2.75, 3.05) is 38.3 Å². The fraction of sp³-hybridized carbons (Fsp3) is 0.391. The van der Waals surface area contributed by atoms with Crippen molar-refractivity contribution < 1.29 is 4.74 Å². The number of fused-ring (bicyclic) bond motifs is 1. The molecule has 0 radical (unpaired) electrons. The van der Waals surface area contributed by atoms with Gasteiger partial charge in [-0.05, 0) is 57.1 Å². The molecule has 6 nitrogen and oxygen atoms in total. The van der Waals surface area contributed by atoms with E-state index in [9.17, 15) is 0 Å². The molecule has 7 heteroatoms. The van der Waals surface area contributed by atoms with Gasteiger partial charge in [-0.2, -0.15) is 0 Å². The number of para-hydroxylation sites is 2. The zero-order valence-corrected chi connectivity index (χ0v) is 19.1. The monoisotopic (exact) mass is 423 g/mol. The lowest BCUT2D eigenvalue weighted by atomic mass is 10.1. The number of rotatable bonds is 7. The maximum absolute atomic E-state index is 5.80. The Balaban J connectivity index is 1.59. The number of hydrogen-bond acceptors (Lipinski definition) is 6. The summed E-state index contributed by atoms with van der Waals surface area (Å²) >= 11 is 1.65. The lowest BCUT2D eigenvalue weighted by Gasteiger charge is -2.35. The summed E-state index contributed by atoms with van der Waals surface area (Å²) in [7, 11) is 4.25. The summed E-state index contributed by atoms with van der Waals surface area (Å²) in [6.45, 7) is 6.05. The van der Waals surface area contributed by atoms with Crippen molar-refractivity contribution in [1.82, 2.24) is 18.8 Å². The highest BCUT2D eigenvalue weighted by molar-refractivity contribution is 7.97. The van der Waals surface area contributed by atoms with Crippen LogP contribution in [0.4, 0.5) is 5.69 Å². The van der Waals surface area contributed by atoms with Crippen LogP contribution in [0.25, 0.3) is 22.6 Å². The van der Waals surface area contributed by atoms with Gasteiger partial charge < -0.3 is 9.64 Å². The molecule has 1 unspecified atom stereocenters. The molecule has 0 N–H and O–H groups in total. The van der Waals surface area contributed by atoms with E-state index in [-0.39, 0.29) is 5.72 Å². The van der Waals surface area contributed by atoms with Gasteiger partial charge in [-0.25, -0.2) is 4.98 Å². The van der Waals surface area contributed by atoms with E-state index in [1.165, 1.54) is 5.69 Å². The Morgan fingerprint density at radius 2 is 2.00 bits per heavy atom. The van der Waals surface area contributed by atoms with Crippen LogP contribution < -0.4 is 4.90 Å². The van der Waals surface area contributed by atoms with E-state index in [2.05, 4.69) is 66.2 Å². The van der Waals surface area contributed by atoms with Crippen LogP contribution in [0.3, 0.4) is 0 Å². The standard InChI is InChI=1S/C23H29N5OS/c1-17-19(26(3)14-15-27(4)23(2)12-8-16-29-23)11-13-24-21(17)22-25-18-9-6-7-10-20(18)28(22)30-5/h6-11,13,16H,12,14-15H2,1-5H3. The molecule has 0 bridgehead atoms. The third-order valence-corrected chi connectivity index (χ3v) is 6.73. The molecular weight excluding hydrogens is 394 g/mol. The van der Waals surface area contributed by atoms with Crippen LogP contribution in [0.5, 0.6) is 0 Å². The first-order valence-electron chi connectivity index (χ1n) is 10.2. The minimum atomic E-state index is -0.248. The number of likely N-dealkylation sites (N-methyl/N-ethyl adjacent to an activating group) is 2. The summed E-state index contributed by atoms with van der Waals surface area (Å²) in [5.74, 6) is 0.895. The molecule has 0 fully saturated rings. The fourth-order valence-electron chi connectivity index (χ4n) is 3.91. The van der Waals surface area contributed by atoms with Crippen LogP contribution in [0.1, 0.15) is 18.9 Å². The molecule has 0 saturated carbocycles. The number of aromatic nitrogens is 3. The molecule has 0 amide bonds. The van der Waals surface area contributed by atoms with Gasteiger partial charge in [0.15, 0.2) is 11.5 Å². The van der Waals surface area contributed by atoms with Crippen molar-refractivity contribution in [3.63, 3.8) is 0 Å². The summed E-state index contributed by atoms with van der Waals surface area (Å²) in [5.41, 5.74) is 5.08. The second kappa shape index (κ2) is 8.32. The van der Waals surface area contributed by atoms with Gasteiger partial charge in [0.2, 0.25) is 0 Å². The Morgan fingerprint density at radius 3 is 2.73 bits per heavy atom. The zero-order valence-electron chi connectivity index (χ0n) is 18.3. The predicted octanol–water partition coefficient (Wildman–Crippen LogP) is 4.55. The molecule has 158 valence electrons. The lowest BCUT2D eigenvalue weighted by Crippen LogP contribution is -2.46. The van der Waals surface area contributed by atoms with Crippen LogP contribution in [0.15, 0.2) is 48.9 Å². The molecule has 1 atom stereocenters. The molecule has 3 aromatic rings. The zero-order chi connectivity index (χ0) is 21.3. The first-order chi connectivity index (χ1) is 14.4. The smallest absolute Gasteiger partial charge is 0.170 e. The molecular formula is C23H29N5OS. The molecule has 0 saturated heterocycles. The molecule has 3 heterocycles. The second-order valence-corrected chi connectivity index (χ2v) is 8.65. The van der Waals surface area contributed by atoms with Gasteiger partial charge in [-0.3, -0.25) is 13.9 Å². The topological polar surface area (TPSA) is 46.4 Å². The molecule has 0 aliphatic carbocycles. The van der Waals surface area contributed by atoms with E-state index >= 15 is 0 Å². The van der Waals surface area contributed by atoms with Crippen molar-refractivity contribution in [3.8, 4) is 11.5 Å². The molecule has 2 aromatic heterocycles. The first-order valence-corrected chi connectivity index (χ1v) is 11.4. The van der Waals surface area contributed by atoms with Crippen LogP contribution in [-0.4, -0.2) is 58.0 Å². The Labute approximate surface area is 182 Å². The second-order valence-electron chi connectivity index (χ2n) is 7.92. The quantitative estimate of drug-likeness (QED) is 0.556. The van der Waals surface area contributed by atoms with Gasteiger partial charge in [0.05, 0.1) is 17.3 Å². The lowest BCUT2D eigenvalue weighted by molar-refractivity contribution is -0.0701. The predicted molar refractivity (Wildman–Crippen MR) is 126 cm³/mol. The summed E-state index contributed by atoms with van der Waals surface area (Å²) < 4.78 is 7.96. The SMILES string of the molecule is CSn1c(-c2nccc(N(C)CCN(C)C3(C)CC=CO3)c2C)nc2ccccc21. The average Bonchev–Trinajstić information content (AvgIpc) is 3.36. The first kappa shape index (κ1) is 20.8. The van der Waals surface area contributed by atoms with Crippen LogP contribution >= 0.6 is 11.9 Å². The van der Waals surface area contributed by atoms with Crippen molar-refractivity contribution in [2.24, 2.45) is 0 Å². The van der Waals surface area contributed by atoms with Gasteiger partial charge in [0.1, 0.15) is 5.69 Å². The van der Waals surface area contributed by atoms with Gasteiger partial charge >= 0.3 is 0 Å². The Kier molecular flexibility index (Phi) is 5.75. The molecule has 1 aliphatic heterocycles. The van der Waals surface area contributed by atoms with Crippen molar-refractivity contribution in [3.05, 3.63) is 54.4 Å². The summed E-state index contributed by atoms with van der Waals surface area (Å²) in [5, 5.41) is 0. The van der Waals surface area contributed by atoms with E-state index in [0.29, 0.717) is 0 Å². The molecule has 1 aromatic carbocycles. The average molecular weight is 424 g/mol. The van der Waals surface area contributed by atoms with E-state index in [1.54, 1.807) is 18.2 Å². The van der Waals surface area contributed by atoms with Gasteiger partial charge in [-0.1, -0.05) is 12.1 Å². The summed E-state index contributed by atoms with van der Waals surface area (Å²) in [6, 6.07) is 10.3. The Bertz CT molecular complexity index is 1070. The van der Waals surface area contributed by atoms with Crippen molar-refractivity contribution >= 4 is 28.7 Å². The number of benzene rings is 1. The number of ether oxygens (including phenoxy) is 1. The van der Waals surface area contributed by atoms with Gasteiger partial charge in [0, 0.05) is 50.3 Å². The summed E-state index contributed by atoms with van der Waals surface area (Å²) in [4.78, 5) is 14.1. The third-order valence-electron chi connectivity index (χ3n) is 5.99. The van der Waals surface area contributed by atoms with Gasteiger partial charge in [0.25, 0.3) is 0 Å². The highest BCUT2D eigenvalue weighted by atomic mass is 32.2. The van der Waals surface area contributed by atoms with Crippen LogP contribution in [0.2, 0.25) is 0 Å². The molecule has 4 rings (SSSR count). The number of pyridine rings is 1. The molecule has 0 spiro atoms. The van der Waals surface area contributed by atoms with Crippen molar-refractivity contribution in [1.29, 1.82) is 0 Å². The maximum Gasteiger partial charge on any atom is 0.170 e. The molecule has 30 heavy (non-hydrogen) atoms. The van der Waals surface area contributed by atoms with E-state index in [4.69, 9.17) is 14.7 Å². The molecule has 1 aliphatic rings. The van der Waals surface area contributed by atoms with Crippen molar-refractivity contribution in [2.45, 2.75) is 26.0 Å². The Morgan fingerprint density at radius 1 is 1.20 bits per heavy atom. The Hall–Kier alpha value is -2.51. The number of nitrogens with zero attached hydrogens (tertiary/aromatic N) is 5. The largest absolute Gasteiger partial charge is 0.480 e. The van der Waals surface area contributed by atoms with Crippen LogP contribution in [-0.2, 0) is 4.74 Å². The number of imidazole rings is 1. The summed E-state index contributed by atoms with van der Waals surface area (Å²) in [6.07, 6.45) is 8.75. The maximum atomic E-state index is 5.80. The van der Waals surface area contributed by atoms with E-state index in [0.717, 1.165) is 47.6 Å². The van der Waals surface area contributed by atoms with E-state index < -0.39 is 0 Å². The third kappa shape index (κ3) is 3.68.